The van der Waals surface area contributed by atoms with Gasteiger partial charge in [0, 0.05) is 12.2 Å². The Hall–Kier alpha value is -3.35. The third-order valence-electron chi connectivity index (χ3n) is 3.95. The number of rotatable bonds is 7. The van der Waals surface area contributed by atoms with Crippen LogP contribution in [0.3, 0.4) is 0 Å². The van der Waals surface area contributed by atoms with E-state index in [9.17, 15) is 14.4 Å². The molecule has 0 heterocycles. The zero-order chi connectivity index (χ0) is 22.1. The average Bonchev–Trinajstić information content (AvgIpc) is 2.67. The van der Waals surface area contributed by atoms with E-state index in [1.807, 2.05) is 30.3 Å². The molecule has 0 bridgehead atoms. The third kappa shape index (κ3) is 7.95. The number of carbonyl (C=O) groups is 3. The van der Waals surface area contributed by atoms with Crippen molar-refractivity contribution in [2.24, 2.45) is 0 Å². The normalized spacial score (nSPS) is 11.9. The van der Waals surface area contributed by atoms with Crippen LogP contribution in [-0.2, 0) is 20.7 Å². The van der Waals surface area contributed by atoms with Crippen LogP contribution in [0.5, 0.6) is 0 Å². The number of carbonyl (C=O) groups excluding carboxylic acids is 3. The Morgan fingerprint density at radius 1 is 1.00 bits per heavy atom. The maximum Gasteiger partial charge on any atom is 0.412 e. The summed E-state index contributed by atoms with van der Waals surface area (Å²) in [5.74, 6) is -1.03. The summed E-state index contributed by atoms with van der Waals surface area (Å²) in [6.07, 6.45) is -0.888. The molecule has 2 N–H and O–H groups in total. The van der Waals surface area contributed by atoms with E-state index in [4.69, 9.17) is 9.47 Å². The van der Waals surface area contributed by atoms with Crippen LogP contribution in [0.25, 0.3) is 0 Å². The number of amides is 2. The first-order chi connectivity index (χ1) is 14.1. The number of nitrogens with one attached hydrogen (secondary N) is 2. The molecule has 30 heavy (non-hydrogen) atoms. The van der Waals surface area contributed by atoms with Crippen LogP contribution < -0.4 is 10.6 Å². The molecule has 0 aromatic heterocycles. The van der Waals surface area contributed by atoms with Gasteiger partial charge in [-0.15, -0.1) is 0 Å². The van der Waals surface area contributed by atoms with Crippen LogP contribution >= 0.6 is 0 Å². The van der Waals surface area contributed by atoms with E-state index in [1.54, 1.807) is 39.0 Å². The summed E-state index contributed by atoms with van der Waals surface area (Å²) < 4.78 is 10.4. The maximum absolute atomic E-state index is 12.4. The van der Waals surface area contributed by atoms with E-state index in [0.29, 0.717) is 18.7 Å². The largest absolute Gasteiger partial charge is 0.449 e. The fourth-order valence-electron chi connectivity index (χ4n) is 2.55. The summed E-state index contributed by atoms with van der Waals surface area (Å²) in [4.78, 5) is 36.4. The molecule has 160 valence electrons. The molecular formula is C23H28N2O5. The van der Waals surface area contributed by atoms with Crippen molar-refractivity contribution in [3.05, 3.63) is 65.7 Å². The fraction of sp³-hybridized carbons (Fsp3) is 0.348. The Kier molecular flexibility index (Phi) is 7.98. The lowest BCUT2D eigenvalue weighted by Gasteiger charge is -2.19. The summed E-state index contributed by atoms with van der Waals surface area (Å²) >= 11 is 0. The average molecular weight is 412 g/mol. The van der Waals surface area contributed by atoms with E-state index in [1.165, 1.54) is 13.0 Å². The molecular weight excluding hydrogens is 384 g/mol. The van der Waals surface area contributed by atoms with Crippen molar-refractivity contribution < 1.29 is 23.9 Å². The lowest BCUT2D eigenvalue weighted by molar-refractivity contribution is -0.129. The second kappa shape index (κ2) is 10.4. The van der Waals surface area contributed by atoms with Gasteiger partial charge in [-0.05, 0) is 57.9 Å². The molecule has 0 saturated carbocycles. The molecule has 0 unspecified atom stereocenters. The van der Waals surface area contributed by atoms with Crippen LogP contribution in [-0.4, -0.2) is 36.2 Å². The van der Waals surface area contributed by atoms with Crippen molar-refractivity contribution in [1.82, 2.24) is 5.32 Å². The minimum Gasteiger partial charge on any atom is -0.449 e. The predicted molar refractivity (Wildman–Crippen MR) is 114 cm³/mol. The lowest BCUT2D eigenvalue weighted by atomic mass is 10.1. The molecule has 1 atom stereocenters. The maximum atomic E-state index is 12.4. The third-order valence-corrected chi connectivity index (χ3v) is 3.95. The number of hydrogen-bond donors (Lipinski definition) is 2. The van der Waals surface area contributed by atoms with Crippen LogP contribution in [0.15, 0.2) is 54.6 Å². The molecule has 0 spiro atoms. The van der Waals surface area contributed by atoms with Gasteiger partial charge in [0.15, 0.2) is 6.10 Å². The lowest BCUT2D eigenvalue weighted by Crippen LogP contribution is -2.36. The molecule has 2 amide bonds. The Morgan fingerprint density at radius 3 is 2.37 bits per heavy atom. The second-order valence-corrected chi connectivity index (χ2v) is 7.78. The Bertz CT molecular complexity index is 875. The smallest absolute Gasteiger partial charge is 0.412 e. The predicted octanol–water partition coefficient (Wildman–Crippen LogP) is 3.94. The molecule has 0 aliphatic heterocycles. The van der Waals surface area contributed by atoms with Crippen LogP contribution in [0.2, 0.25) is 0 Å². The summed E-state index contributed by atoms with van der Waals surface area (Å²) in [5.41, 5.74) is 1.08. The quantitative estimate of drug-likeness (QED) is 0.672. The van der Waals surface area contributed by atoms with Gasteiger partial charge in [-0.3, -0.25) is 10.1 Å². The molecule has 2 rings (SSSR count). The molecule has 0 aliphatic rings. The van der Waals surface area contributed by atoms with E-state index < -0.39 is 23.8 Å². The van der Waals surface area contributed by atoms with Crippen molar-refractivity contribution >= 4 is 23.7 Å². The highest BCUT2D eigenvalue weighted by molar-refractivity contribution is 5.94. The number of esters is 1. The van der Waals surface area contributed by atoms with Gasteiger partial charge in [0.2, 0.25) is 0 Å². The fourth-order valence-corrected chi connectivity index (χ4v) is 2.55. The molecule has 0 fully saturated rings. The zero-order valence-corrected chi connectivity index (χ0v) is 17.7. The van der Waals surface area contributed by atoms with Gasteiger partial charge in [0.1, 0.15) is 5.60 Å². The summed E-state index contributed by atoms with van der Waals surface area (Å²) in [6.45, 7) is 7.23. The Morgan fingerprint density at radius 2 is 1.70 bits per heavy atom. The Balaban J connectivity index is 1.85. The van der Waals surface area contributed by atoms with E-state index >= 15 is 0 Å². The highest BCUT2D eigenvalue weighted by Crippen LogP contribution is 2.15. The van der Waals surface area contributed by atoms with E-state index in [2.05, 4.69) is 10.6 Å². The van der Waals surface area contributed by atoms with Gasteiger partial charge in [-0.2, -0.15) is 0 Å². The standard InChI is InChI=1S/C23H28N2O5/c1-16(20(26)24-14-13-17-9-6-5-7-10-17)29-21(27)18-11-8-12-19(15-18)25-22(28)30-23(2,3)4/h5-12,15-16H,13-14H2,1-4H3,(H,24,26)(H,25,28)/t16-/m0/s1. The van der Waals surface area contributed by atoms with Gasteiger partial charge in [-0.25, -0.2) is 9.59 Å². The van der Waals surface area contributed by atoms with Crippen molar-refractivity contribution in [3.63, 3.8) is 0 Å². The number of anilines is 1. The van der Waals surface area contributed by atoms with Crippen LogP contribution in [0.4, 0.5) is 10.5 Å². The molecule has 0 saturated heterocycles. The van der Waals surface area contributed by atoms with Crippen molar-refractivity contribution in [3.8, 4) is 0 Å². The van der Waals surface area contributed by atoms with Crippen molar-refractivity contribution in [2.75, 3.05) is 11.9 Å². The first-order valence-corrected chi connectivity index (χ1v) is 9.77. The van der Waals surface area contributed by atoms with Gasteiger partial charge in [0.05, 0.1) is 5.56 Å². The molecule has 2 aromatic carbocycles. The zero-order valence-electron chi connectivity index (χ0n) is 17.7. The summed E-state index contributed by atoms with van der Waals surface area (Å²) in [7, 11) is 0. The summed E-state index contributed by atoms with van der Waals surface area (Å²) in [5, 5.41) is 5.32. The number of hydrogen-bond acceptors (Lipinski definition) is 5. The first kappa shape index (κ1) is 22.9. The highest BCUT2D eigenvalue weighted by atomic mass is 16.6. The van der Waals surface area contributed by atoms with E-state index in [0.717, 1.165) is 5.56 Å². The van der Waals surface area contributed by atoms with Crippen molar-refractivity contribution in [2.45, 2.75) is 45.8 Å². The van der Waals surface area contributed by atoms with Crippen LogP contribution in [0.1, 0.15) is 43.6 Å². The summed E-state index contributed by atoms with van der Waals surface area (Å²) in [6, 6.07) is 16.0. The van der Waals surface area contributed by atoms with Crippen LogP contribution in [0, 0.1) is 0 Å². The molecule has 7 nitrogen and oxygen atoms in total. The highest BCUT2D eigenvalue weighted by Gasteiger charge is 2.20. The minimum absolute atomic E-state index is 0.215. The molecule has 2 aromatic rings. The monoisotopic (exact) mass is 412 g/mol. The second-order valence-electron chi connectivity index (χ2n) is 7.78. The van der Waals surface area contributed by atoms with Gasteiger partial charge < -0.3 is 14.8 Å². The van der Waals surface area contributed by atoms with Crippen molar-refractivity contribution in [1.29, 1.82) is 0 Å². The van der Waals surface area contributed by atoms with Gasteiger partial charge in [0.25, 0.3) is 5.91 Å². The SMILES string of the molecule is C[C@H](OC(=O)c1cccc(NC(=O)OC(C)(C)C)c1)C(=O)NCCc1ccccc1. The Labute approximate surface area is 176 Å². The molecule has 7 heteroatoms. The van der Waals surface area contributed by atoms with E-state index in [-0.39, 0.29) is 11.5 Å². The topological polar surface area (TPSA) is 93.7 Å². The number of ether oxygens (including phenoxy) is 2. The van der Waals surface area contributed by atoms with Gasteiger partial charge in [-0.1, -0.05) is 36.4 Å². The molecule has 0 radical (unpaired) electrons. The molecule has 0 aliphatic carbocycles. The van der Waals surface area contributed by atoms with Gasteiger partial charge >= 0.3 is 12.1 Å². The first-order valence-electron chi connectivity index (χ1n) is 9.77. The minimum atomic E-state index is -0.948. The number of benzene rings is 2.